The van der Waals surface area contributed by atoms with Gasteiger partial charge in [0.2, 0.25) is 0 Å². The van der Waals surface area contributed by atoms with Crippen molar-refractivity contribution in [3.05, 3.63) is 12.2 Å². The molecule has 3 unspecified atom stereocenters. The van der Waals surface area contributed by atoms with E-state index in [1.807, 2.05) is 6.92 Å². The second-order valence-corrected chi connectivity index (χ2v) is 6.23. The van der Waals surface area contributed by atoms with Crippen LogP contribution in [0.15, 0.2) is 12.2 Å². The molecule has 2 bridgehead atoms. The van der Waals surface area contributed by atoms with Gasteiger partial charge in [0.15, 0.2) is 0 Å². The van der Waals surface area contributed by atoms with Gasteiger partial charge < -0.3 is 4.74 Å². The Morgan fingerprint density at radius 3 is 2.59 bits per heavy atom. The third-order valence-corrected chi connectivity index (χ3v) is 5.06. The lowest BCUT2D eigenvalue weighted by Crippen LogP contribution is -2.21. The second kappa shape index (κ2) is 4.47. The molecule has 0 spiro atoms. The minimum atomic E-state index is -0.201. The Morgan fingerprint density at radius 2 is 2.12 bits per heavy atom. The number of esters is 1. The van der Waals surface area contributed by atoms with Crippen LogP contribution < -0.4 is 0 Å². The molecule has 2 aliphatic rings. The highest BCUT2D eigenvalue weighted by molar-refractivity contribution is 5.87. The monoisotopic (exact) mass is 236 g/mol. The highest BCUT2D eigenvalue weighted by Gasteiger charge is 2.52. The molecule has 0 aromatic heterocycles. The summed E-state index contributed by atoms with van der Waals surface area (Å²) in [6.45, 7) is 11.0. The molecular formula is C15H24O2. The van der Waals surface area contributed by atoms with Crippen molar-refractivity contribution < 1.29 is 9.53 Å². The van der Waals surface area contributed by atoms with Gasteiger partial charge in [-0.25, -0.2) is 4.79 Å². The summed E-state index contributed by atoms with van der Waals surface area (Å²) in [4.78, 5) is 11.6. The molecule has 2 saturated carbocycles. The smallest absolute Gasteiger partial charge is 0.333 e. The Bertz CT molecular complexity index is 330. The Morgan fingerprint density at radius 1 is 1.41 bits per heavy atom. The van der Waals surface area contributed by atoms with Gasteiger partial charge in [-0.15, -0.1) is 0 Å². The molecule has 96 valence electrons. The molecule has 0 amide bonds. The highest BCUT2D eigenvalue weighted by Crippen LogP contribution is 2.61. The number of fused-ring (bicyclic) bond motifs is 2. The standard InChI is InChI=1S/C15H24O2/c1-5-17-14(16)10(2)8-11-9-12-6-7-13(11)15(12,3)4/h11-13H,2,5-9H2,1,3-4H3. The summed E-state index contributed by atoms with van der Waals surface area (Å²) < 4.78 is 5.01. The first kappa shape index (κ1) is 12.7. The summed E-state index contributed by atoms with van der Waals surface area (Å²) >= 11 is 0. The lowest BCUT2D eigenvalue weighted by Gasteiger charge is -2.26. The van der Waals surface area contributed by atoms with Crippen LogP contribution in [-0.4, -0.2) is 12.6 Å². The van der Waals surface area contributed by atoms with Crippen molar-refractivity contribution in [1.29, 1.82) is 0 Å². The molecule has 2 fully saturated rings. The lowest BCUT2D eigenvalue weighted by atomic mass is 9.78. The zero-order valence-electron chi connectivity index (χ0n) is 11.3. The number of carbonyl (C=O) groups is 1. The predicted molar refractivity (Wildman–Crippen MR) is 68.5 cm³/mol. The number of ether oxygens (including phenoxy) is 1. The van der Waals surface area contributed by atoms with Crippen molar-refractivity contribution in [2.45, 2.75) is 46.5 Å². The van der Waals surface area contributed by atoms with Crippen LogP contribution in [0.2, 0.25) is 0 Å². The van der Waals surface area contributed by atoms with Crippen LogP contribution >= 0.6 is 0 Å². The molecule has 3 atom stereocenters. The van der Waals surface area contributed by atoms with Crippen LogP contribution in [-0.2, 0) is 9.53 Å². The van der Waals surface area contributed by atoms with Crippen LogP contribution in [0, 0.1) is 23.2 Å². The molecule has 2 aliphatic carbocycles. The first-order chi connectivity index (χ1) is 7.96. The summed E-state index contributed by atoms with van der Waals surface area (Å²) in [5, 5.41) is 0. The average Bonchev–Trinajstić information content (AvgIpc) is 2.67. The fourth-order valence-electron chi connectivity index (χ4n) is 4.08. The third-order valence-electron chi connectivity index (χ3n) is 5.06. The molecule has 0 aromatic carbocycles. The van der Waals surface area contributed by atoms with E-state index in [0.29, 0.717) is 23.5 Å². The fraction of sp³-hybridized carbons (Fsp3) is 0.800. The number of hydrogen-bond donors (Lipinski definition) is 0. The van der Waals surface area contributed by atoms with Gasteiger partial charge in [0.25, 0.3) is 0 Å². The van der Waals surface area contributed by atoms with Gasteiger partial charge in [-0.3, -0.25) is 0 Å². The van der Waals surface area contributed by atoms with Gasteiger partial charge in [0.05, 0.1) is 6.61 Å². The van der Waals surface area contributed by atoms with E-state index in [0.717, 1.165) is 18.3 Å². The predicted octanol–water partition coefficient (Wildman–Crippen LogP) is 3.57. The summed E-state index contributed by atoms with van der Waals surface area (Å²) in [7, 11) is 0. The summed E-state index contributed by atoms with van der Waals surface area (Å²) in [5.74, 6) is 2.08. The van der Waals surface area contributed by atoms with Crippen molar-refractivity contribution in [2.24, 2.45) is 23.2 Å². The van der Waals surface area contributed by atoms with E-state index < -0.39 is 0 Å². The van der Waals surface area contributed by atoms with Gasteiger partial charge in [-0.2, -0.15) is 0 Å². The minimum absolute atomic E-state index is 0.201. The molecule has 0 N–H and O–H groups in total. The quantitative estimate of drug-likeness (QED) is 0.551. The number of hydrogen-bond acceptors (Lipinski definition) is 2. The largest absolute Gasteiger partial charge is 0.463 e. The van der Waals surface area contributed by atoms with Crippen molar-refractivity contribution in [3.8, 4) is 0 Å². The molecule has 0 aliphatic heterocycles. The van der Waals surface area contributed by atoms with Crippen molar-refractivity contribution in [2.75, 3.05) is 6.61 Å². The lowest BCUT2D eigenvalue weighted by molar-refractivity contribution is -0.138. The molecule has 17 heavy (non-hydrogen) atoms. The van der Waals surface area contributed by atoms with Crippen LogP contribution in [0.25, 0.3) is 0 Å². The molecule has 0 heterocycles. The summed E-state index contributed by atoms with van der Waals surface area (Å²) in [5.41, 5.74) is 1.14. The van der Waals surface area contributed by atoms with Crippen LogP contribution in [0.1, 0.15) is 46.5 Å². The Hall–Kier alpha value is -0.790. The second-order valence-electron chi connectivity index (χ2n) is 6.23. The van der Waals surface area contributed by atoms with Gasteiger partial charge >= 0.3 is 5.97 Å². The van der Waals surface area contributed by atoms with Crippen LogP contribution in [0.4, 0.5) is 0 Å². The summed E-state index contributed by atoms with van der Waals surface area (Å²) in [6.07, 6.45) is 4.82. The van der Waals surface area contributed by atoms with E-state index in [4.69, 9.17) is 4.74 Å². The van der Waals surface area contributed by atoms with Gasteiger partial charge in [0, 0.05) is 5.57 Å². The summed E-state index contributed by atoms with van der Waals surface area (Å²) in [6, 6.07) is 0. The van der Waals surface area contributed by atoms with Crippen LogP contribution in [0.3, 0.4) is 0 Å². The Kier molecular flexibility index (Phi) is 3.33. The molecule has 2 rings (SSSR count). The number of rotatable bonds is 4. The Labute approximate surface area is 104 Å². The Balaban J connectivity index is 1.94. The molecule has 2 heteroatoms. The SMILES string of the molecule is C=C(CC1CC2CCC1C2(C)C)C(=O)OCC. The van der Waals surface area contributed by atoms with Crippen LogP contribution in [0.5, 0.6) is 0 Å². The maximum absolute atomic E-state index is 11.6. The van der Waals surface area contributed by atoms with Gasteiger partial charge in [-0.1, -0.05) is 20.4 Å². The molecule has 0 aromatic rings. The molecule has 2 nitrogen and oxygen atoms in total. The first-order valence-electron chi connectivity index (χ1n) is 6.81. The maximum Gasteiger partial charge on any atom is 0.333 e. The maximum atomic E-state index is 11.6. The van der Waals surface area contributed by atoms with Crippen molar-refractivity contribution >= 4 is 5.97 Å². The van der Waals surface area contributed by atoms with Gasteiger partial charge in [-0.05, 0) is 55.8 Å². The van der Waals surface area contributed by atoms with E-state index in [-0.39, 0.29) is 5.97 Å². The number of carbonyl (C=O) groups excluding carboxylic acids is 1. The molecule has 0 radical (unpaired) electrons. The molecular weight excluding hydrogens is 212 g/mol. The first-order valence-corrected chi connectivity index (χ1v) is 6.81. The van der Waals surface area contributed by atoms with E-state index in [9.17, 15) is 4.79 Å². The van der Waals surface area contributed by atoms with E-state index in [1.165, 1.54) is 19.3 Å². The van der Waals surface area contributed by atoms with E-state index in [1.54, 1.807) is 0 Å². The zero-order chi connectivity index (χ0) is 12.6. The topological polar surface area (TPSA) is 26.3 Å². The molecule has 0 saturated heterocycles. The van der Waals surface area contributed by atoms with E-state index >= 15 is 0 Å². The minimum Gasteiger partial charge on any atom is -0.463 e. The zero-order valence-corrected chi connectivity index (χ0v) is 11.3. The van der Waals surface area contributed by atoms with Crippen molar-refractivity contribution in [1.82, 2.24) is 0 Å². The van der Waals surface area contributed by atoms with Crippen molar-refractivity contribution in [3.63, 3.8) is 0 Å². The average molecular weight is 236 g/mol. The normalized spacial score (nSPS) is 33.7. The third kappa shape index (κ3) is 2.14. The highest BCUT2D eigenvalue weighted by atomic mass is 16.5. The van der Waals surface area contributed by atoms with E-state index in [2.05, 4.69) is 20.4 Å². The fourth-order valence-corrected chi connectivity index (χ4v) is 4.08. The van der Waals surface area contributed by atoms with Gasteiger partial charge in [0.1, 0.15) is 0 Å².